The van der Waals surface area contributed by atoms with Crippen molar-refractivity contribution in [3.8, 4) is 0 Å². The lowest BCUT2D eigenvalue weighted by molar-refractivity contribution is -0.136. The number of esters is 1. The van der Waals surface area contributed by atoms with Crippen LogP contribution in [0.25, 0.3) is 0 Å². The minimum atomic E-state index is -3.75. The predicted molar refractivity (Wildman–Crippen MR) is 101 cm³/mol. The molecule has 2 aromatic carbocycles. The Morgan fingerprint density at radius 2 is 1.57 bits per heavy atom. The molecular weight excluding hydrogens is 386 g/mol. The van der Waals surface area contributed by atoms with Gasteiger partial charge in [-0.1, -0.05) is 12.1 Å². The number of hydrogen-bond acceptors (Lipinski definition) is 6. The van der Waals surface area contributed by atoms with Crippen LogP contribution in [0.1, 0.15) is 15.9 Å². The van der Waals surface area contributed by atoms with Gasteiger partial charge < -0.3 is 15.4 Å². The van der Waals surface area contributed by atoms with Crippen LogP contribution in [0.4, 0.5) is 5.69 Å². The van der Waals surface area contributed by atoms with Gasteiger partial charge in [-0.3, -0.25) is 9.59 Å². The lowest BCUT2D eigenvalue weighted by atomic mass is 10.1. The number of ether oxygens (including phenoxy) is 1. The molecule has 2 rings (SSSR count). The van der Waals surface area contributed by atoms with Crippen molar-refractivity contribution in [3.63, 3.8) is 0 Å². The summed E-state index contributed by atoms with van der Waals surface area (Å²) in [5, 5.41) is 9.90. The molecule has 0 aliphatic carbocycles. The van der Waals surface area contributed by atoms with Crippen molar-refractivity contribution in [2.75, 3.05) is 19.0 Å². The Morgan fingerprint density at radius 3 is 2.11 bits per heavy atom. The summed E-state index contributed by atoms with van der Waals surface area (Å²) < 4.78 is 27.0. The van der Waals surface area contributed by atoms with Crippen molar-refractivity contribution in [1.29, 1.82) is 0 Å². The highest BCUT2D eigenvalue weighted by atomic mass is 32.2. The molecule has 0 spiro atoms. The molecule has 9 nitrogen and oxygen atoms in total. The smallest absolute Gasteiger partial charge is 0.337 e. The number of nitrogens with two attached hydrogens (primary N) is 1. The Labute approximate surface area is 161 Å². The second-order valence-electron chi connectivity index (χ2n) is 5.72. The largest absolute Gasteiger partial charge is 0.465 e. The Morgan fingerprint density at radius 1 is 0.964 bits per heavy atom. The van der Waals surface area contributed by atoms with E-state index in [0.29, 0.717) is 17.7 Å². The van der Waals surface area contributed by atoms with E-state index < -0.39 is 27.8 Å². The average Bonchev–Trinajstić information content (AvgIpc) is 2.67. The maximum absolute atomic E-state index is 11.9. The summed E-state index contributed by atoms with van der Waals surface area (Å²) >= 11 is 0. The van der Waals surface area contributed by atoms with Crippen LogP contribution >= 0.6 is 0 Å². The number of carbonyl (C=O) groups is 3. The lowest BCUT2D eigenvalue weighted by Gasteiger charge is -2.07. The van der Waals surface area contributed by atoms with Gasteiger partial charge in [-0.05, 0) is 48.4 Å². The summed E-state index contributed by atoms with van der Waals surface area (Å²) in [6.45, 7) is 0.183. The van der Waals surface area contributed by atoms with Crippen molar-refractivity contribution in [2.45, 2.75) is 11.3 Å². The first-order valence-electron chi connectivity index (χ1n) is 8.10. The molecule has 28 heavy (non-hydrogen) atoms. The number of anilines is 1. The van der Waals surface area contributed by atoms with Crippen molar-refractivity contribution in [2.24, 2.45) is 5.14 Å². The topological polar surface area (TPSA) is 145 Å². The number of amides is 2. The van der Waals surface area contributed by atoms with Crippen LogP contribution in [0.15, 0.2) is 53.4 Å². The number of methoxy groups -OCH3 is 1. The van der Waals surface area contributed by atoms with Gasteiger partial charge in [0.25, 0.3) is 0 Å². The van der Waals surface area contributed by atoms with Crippen molar-refractivity contribution >= 4 is 33.5 Å². The van der Waals surface area contributed by atoms with Gasteiger partial charge in [-0.25, -0.2) is 18.4 Å². The van der Waals surface area contributed by atoms with Crippen molar-refractivity contribution < 1.29 is 27.5 Å². The van der Waals surface area contributed by atoms with Gasteiger partial charge >= 0.3 is 17.8 Å². The molecule has 0 aromatic heterocycles. The Bertz CT molecular complexity index is 969. The van der Waals surface area contributed by atoms with Crippen LogP contribution in [0.5, 0.6) is 0 Å². The molecule has 0 fully saturated rings. The quantitative estimate of drug-likeness (QED) is 0.469. The molecule has 4 N–H and O–H groups in total. The van der Waals surface area contributed by atoms with E-state index in [2.05, 4.69) is 15.4 Å². The molecule has 2 amide bonds. The zero-order valence-electron chi connectivity index (χ0n) is 15.0. The number of sulfonamides is 1. The molecule has 0 bridgehead atoms. The van der Waals surface area contributed by atoms with Crippen LogP contribution in [0.3, 0.4) is 0 Å². The van der Waals surface area contributed by atoms with Crippen LogP contribution in [-0.2, 0) is 30.8 Å². The van der Waals surface area contributed by atoms with Crippen LogP contribution in [0, 0.1) is 0 Å². The normalized spacial score (nSPS) is 10.8. The first-order chi connectivity index (χ1) is 13.2. The van der Waals surface area contributed by atoms with E-state index in [-0.39, 0.29) is 11.4 Å². The number of hydrogen-bond donors (Lipinski definition) is 3. The molecule has 0 unspecified atom stereocenters. The van der Waals surface area contributed by atoms with Crippen molar-refractivity contribution in [1.82, 2.24) is 5.32 Å². The highest BCUT2D eigenvalue weighted by molar-refractivity contribution is 7.89. The van der Waals surface area contributed by atoms with E-state index in [1.54, 1.807) is 12.1 Å². The zero-order valence-corrected chi connectivity index (χ0v) is 15.8. The zero-order chi connectivity index (χ0) is 20.7. The average molecular weight is 405 g/mol. The molecule has 2 aromatic rings. The highest BCUT2D eigenvalue weighted by Gasteiger charge is 2.14. The van der Waals surface area contributed by atoms with Gasteiger partial charge in [0, 0.05) is 12.2 Å². The van der Waals surface area contributed by atoms with Gasteiger partial charge in [0.1, 0.15) is 0 Å². The Balaban J connectivity index is 1.82. The van der Waals surface area contributed by atoms with Gasteiger partial charge in [0.2, 0.25) is 10.0 Å². The lowest BCUT2D eigenvalue weighted by Crippen LogP contribution is -2.36. The molecular formula is C18H19N3O6S. The Hall–Kier alpha value is -3.24. The number of rotatable bonds is 6. The SMILES string of the molecule is COC(=O)c1ccc(NC(=O)C(=O)NCCc2ccc(S(N)(=O)=O)cc2)cc1. The maximum Gasteiger partial charge on any atom is 0.337 e. The first kappa shape index (κ1) is 21.1. The molecule has 0 heterocycles. The summed E-state index contributed by atoms with van der Waals surface area (Å²) in [5.74, 6) is -2.18. The first-order valence-corrected chi connectivity index (χ1v) is 9.64. The van der Waals surface area contributed by atoms with Crippen molar-refractivity contribution in [3.05, 3.63) is 59.7 Å². The molecule has 0 saturated heterocycles. The molecule has 148 valence electrons. The minimum Gasteiger partial charge on any atom is -0.465 e. The van der Waals surface area contributed by atoms with Crippen LogP contribution in [-0.4, -0.2) is 39.9 Å². The van der Waals surface area contributed by atoms with Crippen LogP contribution in [0.2, 0.25) is 0 Å². The third-order valence-electron chi connectivity index (χ3n) is 3.72. The fraction of sp³-hybridized carbons (Fsp3) is 0.167. The number of nitrogens with one attached hydrogen (secondary N) is 2. The monoisotopic (exact) mass is 405 g/mol. The van der Waals surface area contributed by atoms with E-state index in [4.69, 9.17) is 5.14 Å². The molecule has 0 aliphatic heterocycles. The summed E-state index contributed by atoms with van der Waals surface area (Å²) in [6, 6.07) is 11.8. The molecule has 0 saturated carbocycles. The van der Waals surface area contributed by atoms with Gasteiger partial charge in [-0.15, -0.1) is 0 Å². The second kappa shape index (κ2) is 9.11. The molecule has 0 aliphatic rings. The fourth-order valence-electron chi connectivity index (χ4n) is 2.24. The number of benzene rings is 2. The third-order valence-corrected chi connectivity index (χ3v) is 4.65. The number of primary sulfonamides is 1. The Kier molecular flexibility index (Phi) is 6.85. The van der Waals surface area contributed by atoms with E-state index >= 15 is 0 Å². The van der Waals surface area contributed by atoms with Crippen LogP contribution < -0.4 is 15.8 Å². The van der Waals surface area contributed by atoms with E-state index in [9.17, 15) is 22.8 Å². The second-order valence-corrected chi connectivity index (χ2v) is 7.28. The molecule has 0 radical (unpaired) electrons. The van der Waals surface area contributed by atoms with Gasteiger partial charge in [0.15, 0.2) is 0 Å². The minimum absolute atomic E-state index is 0.00196. The summed E-state index contributed by atoms with van der Waals surface area (Å²) in [5.41, 5.74) is 1.44. The predicted octanol–water partition coefficient (Wildman–Crippen LogP) is 0.418. The summed E-state index contributed by atoms with van der Waals surface area (Å²) in [7, 11) is -2.49. The van der Waals surface area contributed by atoms with E-state index in [1.165, 1.54) is 43.5 Å². The molecule has 10 heteroatoms. The summed E-state index contributed by atoms with van der Waals surface area (Å²) in [6.07, 6.45) is 0.401. The standard InChI is InChI=1S/C18H19N3O6S/c1-27-18(24)13-4-6-14(7-5-13)21-17(23)16(22)20-11-10-12-2-8-15(9-3-12)28(19,25)26/h2-9H,10-11H2,1H3,(H,20,22)(H,21,23)(H2,19,25,26). The number of carbonyl (C=O) groups excluding carboxylic acids is 3. The third kappa shape index (κ3) is 5.89. The summed E-state index contributed by atoms with van der Waals surface area (Å²) in [4.78, 5) is 35.1. The van der Waals surface area contributed by atoms with E-state index in [0.717, 1.165) is 5.56 Å². The van der Waals surface area contributed by atoms with Gasteiger partial charge in [-0.2, -0.15) is 0 Å². The van der Waals surface area contributed by atoms with Gasteiger partial charge in [0.05, 0.1) is 17.6 Å². The molecule has 0 atom stereocenters. The fourth-order valence-corrected chi connectivity index (χ4v) is 2.76. The van der Waals surface area contributed by atoms with E-state index in [1.807, 2.05) is 0 Å². The maximum atomic E-state index is 11.9. The highest BCUT2D eigenvalue weighted by Crippen LogP contribution is 2.11.